The van der Waals surface area contributed by atoms with E-state index in [2.05, 4.69) is 20.8 Å². The van der Waals surface area contributed by atoms with Gasteiger partial charge in [-0.15, -0.1) is 0 Å². The fourth-order valence-corrected chi connectivity index (χ4v) is 2.08. The number of aliphatic hydroxyl groups is 1. The van der Waals surface area contributed by atoms with Gasteiger partial charge >= 0.3 is 0 Å². The molecule has 3 N–H and O–H groups in total. The highest BCUT2D eigenvalue weighted by Gasteiger charge is 2.16. The largest absolute Gasteiger partial charge is 0.394 e. The summed E-state index contributed by atoms with van der Waals surface area (Å²) in [7, 11) is 0. The first kappa shape index (κ1) is 14.3. The molecule has 2 atom stereocenters. The van der Waals surface area contributed by atoms with Crippen molar-refractivity contribution in [2.24, 2.45) is 11.7 Å². The van der Waals surface area contributed by atoms with Crippen molar-refractivity contribution in [2.75, 3.05) is 12.4 Å². The summed E-state index contributed by atoms with van der Waals surface area (Å²) in [6, 6.07) is 0. The zero-order valence-electron chi connectivity index (χ0n) is 9.92. The van der Waals surface area contributed by atoms with Gasteiger partial charge in [0.1, 0.15) is 0 Å². The molecule has 2 unspecified atom stereocenters. The lowest BCUT2D eigenvalue weighted by molar-refractivity contribution is 0.200. The molecule has 0 aromatic heterocycles. The molecule has 0 aliphatic heterocycles. The van der Waals surface area contributed by atoms with Crippen molar-refractivity contribution >= 4 is 11.8 Å². The van der Waals surface area contributed by atoms with Crippen LogP contribution in [-0.2, 0) is 0 Å². The Bertz CT molecular complexity index is 148. The van der Waals surface area contributed by atoms with E-state index in [1.54, 1.807) is 0 Å². The van der Waals surface area contributed by atoms with Gasteiger partial charge in [-0.3, -0.25) is 0 Å². The Morgan fingerprint density at radius 1 is 1.36 bits per heavy atom. The van der Waals surface area contributed by atoms with E-state index in [-0.39, 0.29) is 12.1 Å². The van der Waals surface area contributed by atoms with E-state index < -0.39 is 0 Å². The lowest BCUT2D eigenvalue weighted by atomic mass is 9.99. The van der Waals surface area contributed by atoms with Gasteiger partial charge in [0.05, 0.1) is 6.61 Å². The zero-order valence-corrected chi connectivity index (χ0v) is 10.7. The molecular formula is C11H25NOS. The monoisotopic (exact) mass is 219 g/mol. The van der Waals surface area contributed by atoms with Gasteiger partial charge in [-0.05, 0) is 31.4 Å². The third-order valence-corrected chi connectivity index (χ3v) is 4.17. The second kappa shape index (κ2) is 6.70. The summed E-state index contributed by atoms with van der Waals surface area (Å²) in [6.45, 7) is 8.75. The van der Waals surface area contributed by atoms with Crippen LogP contribution in [0, 0.1) is 5.92 Å². The molecule has 0 saturated carbocycles. The number of nitrogens with two attached hydrogens (primary N) is 1. The molecule has 0 heterocycles. The molecule has 0 amide bonds. The molecule has 0 fully saturated rings. The van der Waals surface area contributed by atoms with Crippen LogP contribution in [-0.4, -0.2) is 28.3 Å². The maximum Gasteiger partial charge on any atom is 0.0608 e. The summed E-state index contributed by atoms with van der Waals surface area (Å²) >= 11 is 2.00. The van der Waals surface area contributed by atoms with Gasteiger partial charge in [0.15, 0.2) is 0 Å². The van der Waals surface area contributed by atoms with Crippen LogP contribution in [0.25, 0.3) is 0 Å². The minimum absolute atomic E-state index is 0.0808. The minimum atomic E-state index is -0.387. The van der Waals surface area contributed by atoms with Crippen molar-refractivity contribution in [1.82, 2.24) is 0 Å². The predicted octanol–water partition coefficient (Wildman–Crippen LogP) is 2.25. The number of aliphatic hydroxyl groups excluding tert-OH is 1. The molecule has 0 spiro atoms. The molecule has 0 aliphatic rings. The van der Waals surface area contributed by atoms with Crippen LogP contribution in [0.5, 0.6) is 0 Å². The van der Waals surface area contributed by atoms with Crippen LogP contribution in [0.1, 0.15) is 40.5 Å². The van der Waals surface area contributed by atoms with Gasteiger partial charge in [0.25, 0.3) is 0 Å². The molecule has 0 aliphatic carbocycles. The van der Waals surface area contributed by atoms with E-state index in [4.69, 9.17) is 10.8 Å². The number of thioether (sulfide) groups is 1. The molecule has 0 bridgehead atoms. The van der Waals surface area contributed by atoms with E-state index in [9.17, 15) is 0 Å². The Balaban J connectivity index is 3.47. The summed E-state index contributed by atoms with van der Waals surface area (Å²) in [5.41, 5.74) is 5.45. The number of rotatable bonds is 7. The second-order valence-electron chi connectivity index (χ2n) is 4.74. The van der Waals surface area contributed by atoms with Crippen LogP contribution in [0.15, 0.2) is 0 Å². The molecule has 0 radical (unpaired) electrons. The average Bonchev–Trinajstić information content (AvgIpc) is 2.12. The standard InChI is InChI=1S/C11H25NOS/c1-9(2)10(3)14-7-5-6-11(4,12)8-13/h9-10,13H,5-8,12H2,1-4H3. The van der Waals surface area contributed by atoms with Crippen molar-refractivity contribution in [3.05, 3.63) is 0 Å². The van der Waals surface area contributed by atoms with E-state index in [1.165, 1.54) is 0 Å². The highest BCUT2D eigenvalue weighted by atomic mass is 32.2. The topological polar surface area (TPSA) is 46.2 Å². The predicted molar refractivity (Wildman–Crippen MR) is 65.7 cm³/mol. The normalized spacial score (nSPS) is 18.2. The maximum atomic E-state index is 8.96. The van der Waals surface area contributed by atoms with E-state index in [0.29, 0.717) is 5.25 Å². The van der Waals surface area contributed by atoms with Crippen molar-refractivity contribution in [3.63, 3.8) is 0 Å². The Labute approximate surface area is 92.6 Å². The Morgan fingerprint density at radius 3 is 2.36 bits per heavy atom. The van der Waals surface area contributed by atoms with Crippen LogP contribution < -0.4 is 5.73 Å². The first-order valence-corrected chi connectivity index (χ1v) is 6.45. The summed E-state index contributed by atoms with van der Waals surface area (Å²) in [4.78, 5) is 0. The van der Waals surface area contributed by atoms with Crippen LogP contribution >= 0.6 is 11.8 Å². The molecule has 0 aromatic carbocycles. The van der Waals surface area contributed by atoms with Crippen LogP contribution in [0.2, 0.25) is 0 Å². The van der Waals surface area contributed by atoms with Crippen molar-refractivity contribution in [3.8, 4) is 0 Å². The van der Waals surface area contributed by atoms with Gasteiger partial charge in [-0.25, -0.2) is 0 Å². The third kappa shape index (κ3) is 6.68. The van der Waals surface area contributed by atoms with Gasteiger partial charge in [-0.2, -0.15) is 11.8 Å². The molecule has 0 rings (SSSR count). The number of hydrogen-bond donors (Lipinski definition) is 2. The third-order valence-electron chi connectivity index (χ3n) is 2.57. The number of hydrogen-bond acceptors (Lipinski definition) is 3. The van der Waals surface area contributed by atoms with Crippen molar-refractivity contribution < 1.29 is 5.11 Å². The molecule has 3 heteroatoms. The average molecular weight is 219 g/mol. The summed E-state index contributed by atoms with van der Waals surface area (Å²) < 4.78 is 0. The quantitative estimate of drug-likeness (QED) is 0.646. The van der Waals surface area contributed by atoms with Gasteiger partial charge in [0, 0.05) is 10.8 Å². The fraction of sp³-hybridized carbons (Fsp3) is 1.00. The molecule has 14 heavy (non-hydrogen) atoms. The highest BCUT2D eigenvalue weighted by molar-refractivity contribution is 7.99. The Morgan fingerprint density at radius 2 is 1.93 bits per heavy atom. The van der Waals surface area contributed by atoms with Crippen LogP contribution in [0.4, 0.5) is 0 Å². The highest BCUT2D eigenvalue weighted by Crippen LogP contribution is 2.21. The smallest absolute Gasteiger partial charge is 0.0608 e. The van der Waals surface area contributed by atoms with Crippen molar-refractivity contribution in [1.29, 1.82) is 0 Å². The second-order valence-corrected chi connectivity index (χ2v) is 6.22. The molecule has 2 nitrogen and oxygen atoms in total. The van der Waals surface area contributed by atoms with Gasteiger partial charge in [-0.1, -0.05) is 20.8 Å². The lowest BCUT2D eigenvalue weighted by Gasteiger charge is -2.22. The first-order valence-electron chi connectivity index (χ1n) is 5.40. The van der Waals surface area contributed by atoms with Gasteiger partial charge < -0.3 is 10.8 Å². The molecule has 0 saturated heterocycles. The molecule has 0 aromatic rings. The van der Waals surface area contributed by atoms with E-state index in [0.717, 1.165) is 24.5 Å². The first-order chi connectivity index (χ1) is 6.39. The molecule has 86 valence electrons. The van der Waals surface area contributed by atoms with E-state index in [1.807, 2.05) is 18.7 Å². The van der Waals surface area contributed by atoms with Gasteiger partial charge in [0.2, 0.25) is 0 Å². The Hall–Kier alpha value is 0.270. The fourth-order valence-electron chi connectivity index (χ4n) is 1.02. The minimum Gasteiger partial charge on any atom is -0.394 e. The lowest BCUT2D eigenvalue weighted by Crippen LogP contribution is -2.40. The maximum absolute atomic E-state index is 8.96. The molecular weight excluding hydrogens is 194 g/mol. The van der Waals surface area contributed by atoms with E-state index >= 15 is 0 Å². The summed E-state index contributed by atoms with van der Waals surface area (Å²) in [6.07, 6.45) is 2.00. The SMILES string of the molecule is CC(C)C(C)SCCCC(C)(N)CO. The zero-order chi connectivity index (χ0) is 11.2. The van der Waals surface area contributed by atoms with Crippen molar-refractivity contribution in [2.45, 2.75) is 51.3 Å². The Kier molecular flexibility index (Phi) is 6.83. The summed E-state index contributed by atoms with van der Waals surface area (Å²) in [5.74, 6) is 1.88. The summed E-state index contributed by atoms with van der Waals surface area (Å²) in [5, 5.41) is 9.67. The van der Waals surface area contributed by atoms with Crippen LogP contribution in [0.3, 0.4) is 0 Å².